The van der Waals surface area contributed by atoms with Crippen molar-refractivity contribution in [2.24, 2.45) is 5.10 Å². The highest BCUT2D eigenvalue weighted by molar-refractivity contribution is 7.88. The molecule has 0 aliphatic carbocycles. The van der Waals surface area contributed by atoms with Crippen LogP contribution >= 0.6 is 11.3 Å². The minimum Gasteiger partial charge on any atom is -0.464 e. The van der Waals surface area contributed by atoms with E-state index in [1.807, 2.05) is 36.6 Å². The molecule has 3 rings (SSSR count). The van der Waals surface area contributed by atoms with Crippen LogP contribution in [0.1, 0.15) is 28.9 Å². The van der Waals surface area contributed by atoms with Crippen LogP contribution in [0.25, 0.3) is 0 Å². The SMILES string of the molecule is Cc1ccc([C@@H]2CC(c3cccs3)=NN2S(C)(=O)=O)o1. The van der Waals surface area contributed by atoms with Gasteiger partial charge in [-0.1, -0.05) is 6.07 Å². The van der Waals surface area contributed by atoms with E-state index in [0.717, 1.165) is 27.0 Å². The predicted octanol–water partition coefficient (Wildman–Crippen LogP) is 2.76. The highest BCUT2D eigenvalue weighted by Crippen LogP contribution is 2.36. The number of aryl methyl sites for hydroxylation is 1. The van der Waals surface area contributed by atoms with Gasteiger partial charge in [-0.2, -0.15) is 9.52 Å². The highest BCUT2D eigenvalue weighted by atomic mass is 32.2. The van der Waals surface area contributed by atoms with Gasteiger partial charge < -0.3 is 4.42 Å². The van der Waals surface area contributed by atoms with Crippen molar-refractivity contribution in [1.82, 2.24) is 4.41 Å². The quantitative estimate of drug-likeness (QED) is 0.875. The van der Waals surface area contributed by atoms with Gasteiger partial charge in [-0.05, 0) is 30.5 Å². The monoisotopic (exact) mass is 310 g/mol. The van der Waals surface area contributed by atoms with Gasteiger partial charge in [-0.25, -0.2) is 8.42 Å². The molecule has 106 valence electrons. The number of nitrogens with zero attached hydrogens (tertiary/aromatic N) is 2. The minimum absolute atomic E-state index is 0.393. The van der Waals surface area contributed by atoms with Crippen molar-refractivity contribution >= 4 is 27.1 Å². The van der Waals surface area contributed by atoms with Crippen LogP contribution in [-0.4, -0.2) is 24.8 Å². The van der Waals surface area contributed by atoms with Crippen molar-refractivity contribution < 1.29 is 12.8 Å². The van der Waals surface area contributed by atoms with Gasteiger partial charge in [-0.15, -0.1) is 11.3 Å². The van der Waals surface area contributed by atoms with Crippen LogP contribution in [0.2, 0.25) is 0 Å². The Morgan fingerprint density at radius 3 is 2.75 bits per heavy atom. The molecule has 0 radical (unpaired) electrons. The third kappa shape index (κ3) is 2.38. The van der Waals surface area contributed by atoms with Crippen molar-refractivity contribution in [1.29, 1.82) is 0 Å². The Hall–Kier alpha value is -1.60. The molecule has 0 amide bonds. The fraction of sp³-hybridized carbons (Fsp3) is 0.308. The molecule has 0 saturated heterocycles. The fourth-order valence-corrected chi connectivity index (χ4v) is 3.84. The molecule has 5 nitrogen and oxygen atoms in total. The molecule has 0 unspecified atom stereocenters. The standard InChI is InChI=1S/C13H14N2O3S2/c1-9-5-6-12(18-9)11-8-10(13-4-3-7-19-13)14-15(11)20(2,16)17/h3-7,11H,8H2,1-2H3/t11-/m0/s1. The van der Waals surface area contributed by atoms with Gasteiger partial charge in [0.15, 0.2) is 0 Å². The Balaban J connectivity index is 2.00. The number of hydrogen-bond donors (Lipinski definition) is 0. The summed E-state index contributed by atoms with van der Waals surface area (Å²) in [5, 5.41) is 6.23. The maximum atomic E-state index is 11.9. The smallest absolute Gasteiger partial charge is 0.247 e. The van der Waals surface area contributed by atoms with E-state index in [2.05, 4.69) is 5.10 Å². The van der Waals surface area contributed by atoms with Crippen LogP contribution in [0.3, 0.4) is 0 Å². The van der Waals surface area contributed by atoms with E-state index in [1.165, 1.54) is 0 Å². The van der Waals surface area contributed by atoms with Gasteiger partial charge in [0.1, 0.15) is 17.6 Å². The molecule has 3 heterocycles. The fourth-order valence-electron chi connectivity index (χ4n) is 2.23. The van der Waals surface area contributed by atoms with E-state index in [9.17, 15) is 8.42 Å². The number of hydrazone groups is 1. The summed E-state index contributed by atoms with van der Waals surface area (Å²) in [5.41, 5.74) is 0.782. The first-order valence-electron chi connectivity index (χ1n) is 6.12. The van der Waals surface area contributed by atoms with E-state index >= 15 is 0 Å². The van der Waals surface area contributed by atoms with Crippen LogP contribution in [0, 0.1) is 6.92 Å². The molecular formula is C13H14N2O3S2. The Morgan fingerprint density at radius 1 is 1.40 bits per heavy atom. The molecule has 1 aliphatic rings. The number of hydrogen-bond acceptors (Lipinski definition) is 5. The van der Waals surface area contributed by atoms with Crippen molar-refractivity contribution in [3.05, 3.63) is 46.0 Å². The summed E-state index contributed by atoms with van der Waals surface area (Å²) in [6, 6.07) is 7.12. The maximum absolute atomic E-state index is 11.9. The molecular weight excluding hydrogens is 296 g/mol. The Labute approximate surface area is 121 Å². The lowest BCUT2D eigenvalue weighted by molar-refractivity contribution is 0.317. The van der Waals surface area contributed by atoms with Crippen molar-refractivity contribution in [3.8, 4) is 0 Å². The Bertz CT molecular complexity index is 744. The molecule has 2 aromatic rings. The molecule has 1 atom stereocenters. The summed E-state index contributed by atoms with van der Waals surface area (Å²) in [5.74, 6) is 1.39. The van der Waals surface area contributed by atoms with Crippen molar-refractivity contribution in [2.75, 3.05) is 6.26 Å². The average Bonchev–Trinajstić information content (AvgIpc) is 3.06. The maximum Gasteiger partial charge on any atom is 0.247 e. The first kappa shape index (κ1) is 13.4. The number of furan rings is 1. The predicted molar refractivity (Wildman–Crippen MR) is 78.3 cm³/mol. The normalized spacial score (nSPS) is 19.4. The second kappa shape index (κ2) is 4.75. The largest absolute Gasteiger partial charge is 0.464 e. The zero-order chi connectivity index (χ0) is 14.3. The van der Waals surface area contributed by atoms with Crippen molar-refractivity contribution in [2.45, 2.75) is 19.4 Å². The van der Waals surface area contributed by atoms with Gasteiger partial charge in [0.25, 0.3) is 0 Å². The summed E-state index contributed by atoms with van der Waals surface area (Å²) in [6.45, 7) is 1.84. The molecule has 0 fully saturated rings. The summed E-state index contributed by atoms with van der Waals surface area (Å²) in [6.07, 6.45) is 1.69. The second-order valence-corrected chi connectivity index (χ2v) is 7.52. The molecule has 2 aromatic heterocycles. The number of rotatable bonds is 3. The summed E-state index contributed by atoms with van der Waals surface area (Å²) >= 11 is 1.55. The third-order valence-corrected chi connectivity index (χ3v) is 5.04. The molecule has 0 aromatic carbocycles. The third-order valence-electron chi connectivity index (χ3n) is 3.11. The first-order valence-corrected chi connectivity index (χ1v) is 8.85. The van der Waals surface area contributed by atoms with E-state index in [1.54, 1.807) is 11.3 Å². The highest BCUT2D eigenvalue weighted by Gasteiger charge is 2.36. The molecule has 1 aliphatic heterocycles. The summed E-state index contributed by atoms with van der Waals surface area (Å²) in [7, 11) is -3.42. The van der Waals surface area contributed by atoms with Crippen LogP contribution in [0.5, 0.6) is 0 Å². The van der Waals surface area contributed by atoms with Gasteiger partial charge in [0, 0.05) is 6.42 Å². The zero-order valence-corrected chi connectivity index (χ0v) is 12.7. The van der Waals surface area contributed by atoms with Gasteiger partial charge in [-0.3, -0.25) is 0 Å². The lowest BCUT2D eigenvalue weighted by Gasteiger charge is -2.18. The van der Waals surface area contributed by atoms with Crippen LogP contribution in [0.4, 0.5) is 0 Å². The van der Waals surface area contributed by atoms with Gasteiger partial charge >= 0.3 is 0 Å². The lowest BCUT2D eigenvalue weighted by Crippen LogP contribution is -2.25. The van der Waals surface area contributed by atoms with E-state index in [4.69, 9.17) is 4.42 Å². The first-order chi connectivity index (χ1) is 9.45. The summed E-state index contributed by atoms with van der Waals surface area (Å²) in [4.78, 5) is 0.990. The van der Waals surface area contributed by atoms with E-state index < -0.39 is 16.1 Å². The van der Waals surface area contributed by atoms with Crippen LogP contribution in [0.15, 0.2) is 39.2 Å². The van der Waals surface area contributed by atoms with Gasteiger partial charge in [0.05, 0.1) is 16.8 Å². The van der Waals surface area contributed by atoms with Crippen molar-refractivity contribution in [3.63, 3.8) is 0 Å². The van der Waals surface area contributed by atoms with Gasteiger partial charge in [0.2, 0.25) is 10.0 Å². The number of thiophene rings is 1. The second-order valence-electron chi connectivity index (χ2n) is 4.73. The Morgan fingerprint density at radius 2 is 2.20 bits per heavy atom. The Kier molecular flexibility index (Phi) is 3.18. The average molecular weight is 310 g/mol. The van der Waals surface area contributed by atoms with E-state index in [-0.39, 0.29) is 0 Å². The molecule has 0 bridgehead atoms. The van der Waals surface area contributed by atoms with Crippen LogP contribution < -0.4 is 0 Å². The van der Waals surface area contributed by atoms with E-state index in [0.29, 0.717) is 12.2 Å². The minimum atomic E-state index is -3.42. The molecule has 0 saturated carbocycles. The topological polar surface area (TPSA) is 62.9 Å². The molecule has 0 N–H and O–H groups in total. The van der Waals surface area contributed by atoms with Crippen LogP contribution in [-0.2, 0) is 10.0 Å². The number of sulfonamides is 1. The molecule has 0 spiro atoms. The summed E-state index contributed by atoms with van der Waals surface area (Å²) < 4.78 is 30.6. The zero-order valence-electron chi connectivity index (χ0n) is 11.1. The molecule has 7 heteroatoms. The lowest BCUT2D eigenvalue weighted by atomic mass is 10.1. The molecule has 20 heavy (non-hydrogen) atoms.